The van der Waals surface area contributed by atoms with Gasteiger partial charge >= 0.3 is 13.8 Å². The highest BCUT2D eigenvalue weighted by molar-refractivity contribution is 7.48. The normalized spacial score (nSPS) is 11.9. The first-order valence-corrected chi connectivity index (χ1v) is 10.2. The molecule has 6 nitrogen and oxygen atoms in total. The summed E-state index contributed by atoms with van der Waals surface area (Å²) in [5.74, 6) is -0.0960. The minimum absolute atomic E-state index is 0.0115. The molecule has 0 aliphatic heterocycles. The summed E-state index contributed by atoms with van der Waals surface area (Å²) in [6, 6.07) is 0. The van der Waals surface area contributed by atoms with E-state index in [1.165, 1.54) is 0 Å². The van der Waals surface area contributed by atoms with E-state index in [1.807, 2.05) is 0 Å². The predicted molar refractivity (Wildman–Crippen MR) is 90.3 cm³/mol. The van der Waals surface area contributed by atoms with Crippen molar-refractivity contribution in [3.8, 4) is 0 Å². The van der Waals surface area contributed by atoms with Crippen LogP contribution in [0.4, 0.5) is 0 Å². The molecular weight excluding hydrogens is 319 g/mol. The zero-order chi connectivity index (χ0) is 17.6. The Bertz CT molecular complexity index is 331. The summed E-state index contributed by atoms with van der Waals surface area (Å²) in [5.41, 5.74) is 0. The van der Waals surface area contributed by atoms with E-state index in [0.29, 0.717) is 19.4 Å². The van der Waals surface area contributed by atoms with Gasteiger partial charge in [-0.05, 0) is 39.5 Å². The zero-order valence-corrected chi connectivity index (χ0v) is 15.9. The molecular formula is C16H33O6P. The van der Waals surface area contributed by atoms with Crippen LogP contribution in [-0.2, 0) is 27.7 Å². The second kappa shape index (κ2) is 14.0. The lowest BCUT2D eigenvalue weighted by atomic mass is 9.99. The number of phosphoric acid groups is 1. The Labute approximate surface area is 140 Å². The summed E-state index contributed by atoms with van der Waals surface area (Å²) in [6.45, 7) is 8.76. The Morgan fingerprint density at radius 1 is 0.870 bits per heavy atom. The minimum atomic E-state index is -3.43. The van der Waals surface area contributed by atoms with Crippen molar-refractivity contribution in [2.75, 3.05) is 26.4 Å². The monoisotopic (exact) mass is 352 g/mol. The fraction of sp³-hybridized carbons (Fsp3) is 0.938. The van der Waals surface area contributed by atoms with E-state index < -0.39 is 7.82 Å². The molecule has 0 fully saturated rings. The number of unbranched alkanes of at least 4 members (excludes halogenated alkanes) is 1. The van der Waals surface area contributed by atoms with E-state index >= 15 is 0 Å². The van der Waals surface area contributed by atoms with Crippen molar-refractivity contribution in [1.82, 2.24) is 0 Å². The fourth-order valence-corrected chi connectivity index (χ4v) is 3.38. The molecule has 0 heterocycles. The van der Waals surface area contributed by atoms with Gasteiger partial charge < -0.3 is 4.74 Å². The predicted octanol–water partition coefficient (Wildman–Crippen LogP) is 4.72. The van der Waals surface area contributed by atoms with E-state index in [-0.39, 0.29) is 31.7 Å². The molecule has 7 heteroatoms. The maximum atomic E-state index is 12.0. The summed E-state index contributed by atoms with van der Waals surface area (Å²) in [6.07, 6.45) is 5.01. The number of rotatable bonds is 15. The summed E-state index contributed by atoms with van der Waals surface area (Å²) < 4.78 is 32.6. The van der Waals surface area contributed by atoms with Gasteiger partial charge in [0, 0.05) is 0 Å². The molecule has 0 radical (unpaired) electrons. The first kappa shape index (κ1) is 22.6. The van der Waals surface area contributed by atoms with Gasteiger partial charge in [0.15, 0.2) is 0 Å². The molecule has 0 bridgehead atoms. The first-order valence-electron chi connectivity index (χ1n) is 8.73. The van der Waals surface area contributed by atoms with E-state index in [9.17, 15) is 9.36 Å². The Hall–Kier alpha value is -0.420. The Morgan fingerprint density at radius 3 is 1.87 bits per heavy atom. The van der Waals surface area contributed by atoms with Gasteiger partial charge in [-0.2, -0.15) is 0 Å². The molecule has 23 heavy (non-hydrogen) atoms. The van der Waals surface area contributed by atoms with Crippen molar-refractivity contribution in [2.24, 2.45) is 5.92 Å². The molecule has 0 aromatic rings. The Morgan fingerprint density at radius 2 is 1.39 bits per heavy atom. The van der Waals surface area contributed by atoms with Crippen molar-refractivity contribution in [3.63, 3.8) is 0 Å². The molecule has 138 valence electrons. The second-order valence-electron chi connectivity index (χ2n) is 5.26. The SMILES string of the molecule is CCCC(CCC)C(=O)OCCCCOP(=O)(OCC)OCC. The number of carbonyl (C=O) groups is 1. The third kappa shape index (κ3) is 10.9. The van der Waals surface area contributed by atoms with Crippen molar-refractivity contribution < 1.29 is 27.7 Å². The maximum absolute atomic E-state index is 12.0. The molecule has 0 saturated carbocycles. The number of hydrogen-bond donors (Lipinski definition) is 0. The fourth-order valence-electron chi connectivity index (χ4n) is 2.18. The second-order valence-corrected chi connectivity index (χ2v) is 6.93. The van der Waals surface area contributed by atoms with Crippen LogP contribution in [0.15, 0.2) is 0 Å². The van der Waals surface area contributed by atoms with E-state index in [4.69, 9.17) is 18.3 Å². The standard InChI is InChI=1S/C16H33O6P/c1-5-11-15(12-6-2)16(17)19-13-9-10-14-22-23(18,20-7-3)21-8-4/h15H,5-14H2,1-4H3. The first-order chi connectivity index (χ1) is 11.0. The van der Waals surface area contributed by atoms with Crippen molar-refractivity contribution in [3.05, 3.63) is 0 Å². The van der Waals surface area contributed by atoms with Gasteiger partial charge in [0.2, 0.25) is 0 Å². The largest absolute Gasteiger partial charge is 0.474 e. The van der Waals surface area contributed by atoms with E-state index in [0.717, 1.165) is 25.7 Å². The minimum Gasteiger partial charge on any atom is -0.465 e. The van der Waals surface area contributed by atoms with Gasteiger partial charge in [0.25, 0.3) is 0 Å². The van der Waals surface area contributed by atoms with Crippen LogP contribution in [0.3, 0.4) is 0 Å². The third-order valence-electron chi connectivity index (χ3n) is 3.21. The van der Waals surface area contributed by atoms with Gasteiger partial charge in [-0.3, -0.25) is 18.4 Å². The molecule has 0 aliphatic rings. The van der Waals surface area contributed by atoms with Crippen LogP contribution < -0.4 is 0 Å². The maximum Gasteiger partial charge on any atom is 0.474 e. The Balaban J connectivity index is 3.90. The van der Waals surface area contributed by atoms with Crippen molar-refractivity contribution in [1.29, 1.82) is 0 Å². The van der Waals surface area contributed by atoms with Crippen molar-refractivity contribution >= 4 is 13.8 Å². The lowest BCUT2D eigenvalue weighted by molar-refractivity contribution is -0.149. The topological polar surface area (TPSA) is 71.1 Å². The van der Waals surface area contributed by atoms with Gasteiger partial charge in [-0.25, -0.2) is 4.57 Å². The molecule has 0 spiro atoms. The number of phosphoric ester groups is 1. The molecule has 0 amide bonds. The van der Waals surface area contributed by atoms with Gasteiger partial charge in [0.05, 0.1) is 32.3 Å². The lowest BCUT2D eigenvalue weighted by Gasteiger charge is -2.16. The molecule has 0 aromatic heterocycles. The number of hydrogen-bond acceptors (Lipinski definition) is 6. The molecule has 0 atom stereocenters. The van der Waals surface area contributed by atoms with E-state index in [2.05, 4.69) is 13.8 Å². The smallest absolute Gasteiger partial charge is 0.465 e. The lowest BCUT2D eigenvalue weighted by Crippen LogP contribution is -2.18. The van der Waals surface area contributed by atoms with Crippen molar-refractivity contribution in [2.45, 2.75) is 66.2 Å². The van der Waals surface area contributed by atoms with Crippen LogP contribution in [0.5, 0.6) is 0 Å². The average Bonchev–Trinajstić information content (AvgIpc) is 2.50. The molecule has 0 rings (SSSR count). The van der Waals surface area contributed by atoms with E-state index in [1.54, 1.807) is 13.8 Å². The highest BCUT2D eigenvalue weighted by Crippen LogP contribution is 2.49. The number of ether oxygens (including phenoxy) is 1. The van der Waals surface area contributed by atoms with Crippen LogP contribution in [0, 0.1) is 5.92 Å². The van der Waals surface area contributed by atoms with Gasteiger partial charge in [-0.15, -0.1) is 0 Å². The van der Waals surface area contributed by atoms with Gasteiger partial charge in [-0.1, -0.05) is 26.7 Å². The molecule has 0 unspecified atom stereocenters. The number of carbonyl (C=O) groups excluding carboxylic acids is 1. The molecule has 0 saturated heterocycles. The average molecular weight is 352 g/mol. The van der Waals surface area contributed by atoms with Crippen LogP contribution in [0.2, 0.25) is 0 Å². The summed E-state index contributed by atoms with van der Waals surface area (Å²) in [4.78, 5) is 11.9. The summed E-state index contributed by atoms with van der Waals surface area (Å²) in [5, 5.41) is 0. The zero-order valence-electron chi connectivity index (χ0n) is 15.0. The highest BCUT2D eigenvalue weighted by atomic mass is 31.2. The summed E-state index contributed by atoms with van der Waals surface area (Å²) >= 11 is 0. The Kier molecular flexibility index (Phi) is 13.7. The quantitative estimate of drug-likeness (QED) is 0.241. The molecule has 0 N–H and O–H groups in total. The van der Waals surface area contributed by atoms with Crippen LogP contribution in [0.25, 0.3) is 0 Å². The van der Waals surface area contributed by atoms with Crippen LogP contribution >= 0.6 is 7.82 Å². The van der Waals surface area contributed by atoms with Gasteiger partial charge in [0.1, 0.15) is 0 Å². The highest BCUT2D eigenvalue weighted by Gasteiger charge is 2.24. The van der Waals surface area contributed by atoms with Crippen LogP contribution in [0.1, 0.15) is 66.2 Å². The summed E-state index contributed by atoms with van der Waals surface area (Å²) in [7, 11) is -3.43. The molecule has 0 aromatic carbocycles. The van der Waals surface area contributed by atoms with Crippen LogP contribution in [-0.4, -0.2) is 32.4 Å². The molecule has 0 aliphatic carbocycles. The third-order valence-corrected chi connectivity index (χ3v) is 4.86. The number of esters is 1.